The van der Waals surface area contributed by atoms with Crippen molar-refractivity contribution in [3.05, 3.63) is 29.8 Å². The van der Waals surface area contributed by atoms with Crippen molar-refractivity contribution in [1.82, 2.24) is 5.32 Å². The van der Waals surface area contributed by atoms with Gasteiger partial charge in [-0.25, -0.2) is 0 Å². The fourth-order valence-corrected chi connectivity index (χ4v) is 2.30. The molecule has 0 bridgehead atoms. The minimum Gasteiger partial charge on any atom is -0.396 e. The molecule has 0 aliphatic heterocycles. The lowest BCUT2D eigenvalue weighted by molar-refractivity contribution is -0.120. The first-order chi connectivity index (χ1) is 8.72. The Kier molecular flexibility index (Phi) is 7.53. The molecular formula is C14H21NO2S. The number of aryl methyl sites for hydroxylation is 1. The van der Waals surface area contributed by atoms with Crippen LogP contribution in [0.3, 0.4) is 0 Å². The van der Waals surface area contributed by atoms with Crippen LogP contribution in [0, 0.1) is 6.92 Å². The molecule has 0 saturated carbocycles. The molecule has 1 aromatic rings. The number of carbonyl (C=O) groups is 1. The molecule has 3 nitrogen and oxygen atoms in total. The van der Waals surface area contributed by atoms with Gasteiger partial charge in [-0.1, -0.05) is 17.7 Å². The second kappa shape index (κ2) is 9.00. The maximum Gasteiger partial charge on any atom is 0.220 e. The number of hydrogen-bond donors (Lipinski definition) is 2. The molecule has 0 radical (unpaired) electrons. The van der Waals surface area contributed by atoms with Crippen molar-refractivity contribution in [2.24, 2.45) is 0 Å². The summed E-state index contributed by atoms with van der Waals surface area (Å²) in [7, 11) is 0. The molecule has 0 heterocycles. The molecule has 1 amide bonds. The Balaban J connectivity index is 2.10. The van der Waals surface area contributed by atoms with Crippen molar-refractivity contribution in [3.63, 3.8) is 0 Å². The summed E-state index contributed by atoms with van der Waals surface area (Å²) in [4.78, 5) is 12.7. The molecule has 2 N–H and O–H groups in total. The molecule has 0 saturated heterocycles. The highest BCUT2D eigenvalue weighted by atomic mass is 32.2. The monoisotopic (exact) mass is 267 g/mol. The highest BCUT2D eigenvalue weighted by Gasteiger charge is 2.01. The van der Waals surface area contributed by atoms with Gasteiger partial charge in [0.2, 0.25) is 5.91 Å². The highest BCUT2D eigenvalue weighted by Crippen LogP contribution is 2.18. The smallest absolute Gasteiger partial charge is 0.220 e. The van der Waals surface area contributed by atoms with Gasteiger partial charge >= 0.3 is 0 Å². The number of benzene rings is 1. The Labute approximate surface area is 113 Å². The first-order valence-corrected chi connectivity index (χ1v) is 7.28. The predicted octanol–water partition coefficient (Wildman–Crippen LogP) is 2.37. The van der Waals surface area contributed by atoms with Crippen LogP contribution in [0.25, 0.3) is 0 Å². The van der Waals surface area contributed by atoms with Gasteiger partial charge < -0.3 is 10.4 Å². The van der Waals surface area contributed by atoms with Crippen molar-refractivity contribution in [2.75, 3.05) is 18.9 Å². The van der Waals surface area contributed by atoms with Gasteiger partial charge in [0.1, 0.15) is 0 Å². The van der Waals surface area contributed by atoms with E-state index in [1.54, 1.807) is 11.8 Å². The van der Waals surface area contributed by atoms with E-state index in [9.17, 15) is 4.79 Å². The van der Waals surface area contributed by atoms with Gasteiger partial charge in [-0.15, -0.1) is 11.8 Å². The van der Waals surface area contributed by atoms with Crippen LogP contribution in [0.4, 0.5) is 0 Å². The first kappa shape index (κ1) is 15.1. The van der Waals surface area contributed by atoms with Crippen LogP contribution < -0.4 is 5.32 Å². The number of nitrogens with one attached hydrogen (secondary N) is 1. The number of rotatable bonds is 8. The van der Waals surface area contributed by atoms with Gasteiger partial charge in [0.15, 0.2) is 0 Å². The fraction of sp³-hybridized carbons (Fsp3) is 0.500. The Bertz CT molecular complexity index is 351. The van der Waals surface area contributed by atoms with E-state index in [2.05, 4.69) is 36.5 Å². The molecule has 4 heteroatoms. The Hall–Kier alpha value is -1.00. The topological polar surface area (TPSA) is 49.3 Å². The number of carbonyl (C=O) groups excluding carboxylic acids is 1. The molecule has 1 rings (SSSR count). The van der Waals surface area contributed by atoms with Crippen LogP contribution in [0.15, 0.2) is 29.2 Å². The summed E-state index contributed by atoms with van der Waals surface area (Å²) in [5.41, 5.74) is 1.25. The van der Waals surface area contributed by atoms with E-state index in [0.717, 1.165) is 18.6 Å². The maximum atomic E-state index is 11.5. The van der Waals surface area contributed by atoms with Crippen LogP contribution >= 0.6 is 11.8 Å². The SMILES string of the molecule is Cc1ccc(SCCC(=O)NCCCCO)cc1. The number of amides is 1. The average Bonchev–Trinajstić information content (AvgIpc) is 2.37. The number of hydrogen-bond acceptors (Lipinski definition) is 3. The zero-order valence-corrected chi connectivity index (χ0v) is 11.6. The average molecular weight is 267 g/mol. The van der Waals surface area contributed by atoms with E-state index in [1.165, 1.54) is 10.5 Å². The molecule has 0 atom stereocenters. The Morgan fingerprint density at radius 2 is 2.00 bits per heavy atom. The third kappa shape index (κ3) is 6.67. The molecule has 0 spiro atoms. The fourth-order valence-electron chi connectivity index (χ4n) is 1.45. The van der Waals surface area contributed by atoms with Gasteiger partial charge in [-0.3, -0.25) is 4.79 Å². The van der Waals surface area contributed by atoms with E-state index in [1.807, 2.05) is 0 Å². The van der Waals surface area contributed by atoms with Crippen LogP contribution in [-0.4, -0.2) is 29.9 Å². The highest BCUT2D eigenvalue weighted by molar-refractivity contribution is 7.99. The zero-order valence-electron chi connectivity index (χ0n) is 10.8. The molecule has 0 unspecified atom stereocenters. The van der Waals surface area contributed by atoms with Crippen molar-refractivity contribution in [2.45, 2.75) is 31.1 Å². The van der Waals surface area contributed by atoms with Crippen molar-refractivity contribution in [3.8, 4) is 0 Å². The number of unbranched alkanes of at least 4 members (excludes halogenated alkanes) is 1. The summed E-state index contributed by atoms with van der Waals surface area (Å²) in [6, 6.07) is 8.33. The summed E-state index contributed by atoms with van der Waals surface area (Å²) in [6.07, 6.45) is 2.13. The van der Waals surface area contributed by atoms with E-state index >= 15 is 0 Å². The molecule has 0 fully saturated rings. The summed E-state index contributed by atoms with van der Waals surface area (Å²) in [5.74, 6) is 0.891. The van der Waals surface area contributed by atoms with E-state index in [0.29, 0.717) is 13.0 Å². The summed E-state index contributed by atoms with van der Waals surface area (Å²) in [6.45, 7) is 2.92. The summed E-state index contributed by atoms with van der Waals surface area (Å²) < 4.78 is 0. The van der Waals surface area contributed by atoms with Crippen LogP contribution in [0.1, 0.15) is 24.8 Å². The van der Waals surface area contributed by atoms with Gasteiger partial charge in [0.25, 0.3) is 0 Å². The lowest BCUT2D eigenvalue weighted by Gasteiger charge is -2.04. The standard InChI is InChI=1S/C14H21NO2S/c1-12-4-6-13(7-5-12)18-11-8-14(17)15-9-2-3-10-16/h4-7,16H,2-3,8-11H2,1H3,(H,15,17). The maximum absolute atomic E-state index is 11.5. The second-order valence-corrected chi connectivity index (χ2v) is 5.36. The third-order valence-corrected chi connectivity index (χ3v) is 3.54. The second-order valence-electron chi connectivity index (χ2n) is 4.19. The summed E-state index contributed by atoms with van der Waals surface area (Å²) >= 11 is 1.70. The van der Waals surface area contributed by atoms with Crippen LogP contribution in [-0.2, 0) is 4.79 Å². The van der Waals surface area contributed by atoms with E-state index in [-0.39, 0.29) is 12.5 Å². The molecule has 0 aliphatic carbocycles. The molecule has 18 heavy (non-hydrogen) atoms. The largest absolute Gasteiger partial charge is 0.396 e. The lowest BCUT2D eigenvalue weighted by atomic mass is 10.2. The van der Waals surface area contributed by atoms with Gasteiger partial charge in [0, 0.05) is 30.2 Å². The van der Waals surface area contributed by atoms with Gasteiger partial charge in [0.05, 0.1) is 0 Å². The molecule has 0 aromatic heterocycles. The van der Waals surface area contributed by atoms with E-state index < -0.39 is 0 Å². The van der Waals surface area contributed by atoms with Gasteiger partial charge in [-0.2, -0.15) is 0 Å². The van der Waals surface area contributed by atoms with Crippen molar-refractivity contribution >= 4 is 17.7 Å². The molecule has 100 valence electrons. The number of aliphatic hydroxyl groups is 1. The molecule has 0 aliphatic rings. The minimum atomic E-state index is 0.0903. The minimum absolute atomic E-state index is 0.0903. The predicted molar refractivity (Wildman–Crippen MR) is 75.8 cm³/mol. The number of thioether (sulfide) groups is 1. The molecule has 1 aromatic carbocycles. The van der Waals surface area contributed by atoms with Gasteiger partial charge in [-0.05, 0) is 31.9 Å². The lowest BCUT2D eigenvalue weighted by Crippen LogP contribution is -2.24. The Morgan fingerprint density at radius 1 is 1.28 bits per heavy atom. The van der Waals surface area contributed by atoms with Crippen LogP contribution in [0.2, 0.25) is 0 Å². The van der Waals surface area contributed by atoms with E-state index in [4.69, 9.17) is 5.11 Å². The van der Waals surface area contributed by atoms with Crippen molar-refractivity contribution in [1.29, 1.82) is 0 Å². The molecular weight excluding hydrogens is 246 g/mol. The number of aliphatic hydroxyl groups excluding tert-OH is 1. The normalized spacial score (nSPS) is 10.3. The Morgan fingerprint density at radius 3 is 2.67 bits per heavy atom. The first-order valence-electron chi connectivity index (χ1n) is 6.29. The van der Waals surface area contributed by atoms with Crippen molar-refractivity contribution < 1.29 is 9.90 Å². The summed E-state index contributed by atoms with van der Waals surface area (Å²) in [5, 5.41) is 11.5. The quantitative estimate of drug-likeness (QED) is 0.561. The third-order valence-electron chi connectivity index (χ3n) is 2.53. The van der Waals surface area contributed by atoms with Crippen LogP contribution in [0.5, 0.6) is 0 Å². The zero-order chi connectivity index (χ0) is 13.2.